The summed E-state index contributed by atoms with van der Waals surface area (Å²) in [6, 6.07) is 8.00. The van der Waals surface area contributed by atoms with Gasteiger partial charge < -0.3 is 9.15 Å². The lowest BCUT2D eigenvalue weighted by atomic mass is 10.1. The van der Waals surface area contributed by atoms with Gasteiger partial charge in [0.2, 0.25) is 0 Å². The molecule has 4 nitrogen and oxygen atoms in total. The molecule has 0 spiro atoms. The molecule has 0 saturated carbocycles. The van der Waals surface area contributed by atoms with Crippen LogP contribution in [0.1, 0.15) is 33.0 Å². The minimum atomic E-state index is 0.182. The summed E-state index contributed by atoms with van der Waals surface area (Å²) in [5, 5.41) is 0. The first kappa shape index (κ1) is 15.6. The molecule has 1 aromatic heterocycles. The molecule has 0 fully saturated rings. The van der Waals surface area contributed by atoms with Gasteiger partial charge >= 0.3 is 0 Å². The Morgan fingerprint density at radius 3 is 2.57 bits per heavy atom. The van der Waals surface area contributed by atoms with Crippen molar-refractivity contribution in [1.82, 2.24) is 9.88 Å². The summed E-state index contributed by atoms with van der Waals surface area (Å²) in [4.78, 5) is 6.59. The fourth-order valence-electron chi connectivity index (χ4n) is 2.29. The van der Waals surface area contributed by atoms with E-state index in [0.29, 0.717) is 0 Å². The van der Waals surface area contributed by atoms with Crippen molar-refractivity contribution in [2.24, 2.45) is 0 Å². The molecule has 4 heteroatoms. The second-order valence-corrected chi connectivity index (χ2v) is 5.55. The van der Waals surface area contributed by atoms with Gasteiger partial charge in [-0.15, -0.1) is 0 Å². The summed E-state index contributed by atoms with van der Waals surface area (Å²) in [6.07, 6.45) is 2.82. The van der Waals surface area contributed by atoms with Crippen LogP contribution in [-0.2, 0) is 6.54 Å². The highest BCUT2D eigenvalue weighted by atomic mass is 16.5. The zero-order valence-corrected chi connectivity index (χ0v) is 13.3. The van der Waals surface area contributed by atoms with E-state index in [0.717, 1.165) is 42.3 Å². The molecule has 21 heavy (non-hydrogen) atoms. The van der Waals surface area contributed by atoms with E-state index in [2.05, 4.69) is 23.9 Å². The molecule has 0 N–H and O–H groups in total. The summed E-state index contributed by atoms with van der Waals surface area (Å²) in [6.45, 7) is 8.03. The van der Waals surface area contributed by atoms with E-state index in [1.807, 2.05) is 38.1 Å². The van der Waals surface area contributed by atoms with E-state index in [1.54, 1.807) is 0 Å². The molecule has 1 heterocycles. The van der Waals surface area contributed by atoms with Crippen LogP contribution in [0.5, 0.6) is 5.75 Å². The minimum absolute atomic E-state index is 0.182. The number of rotatable bonds is 7. The maximum Gasteiger partial charge on any atom is 0.181 e. The van der Waals surface area contributed by atoms with E-state index in [1.165, 1.54) is 6.39 Å². The smallest absolute Gasteiger partial charge is 0.181 e. The highest BCUT2D eigenvalue weighted by molar-refractivity contribution is 5.61. The molecule has 2 aromatic rings. The van der Waals surface area contributed by atoms with E-state index in [4.69, 9.17) is 9.15 Å². The van der Waals surface area contributed by atoms with Crippen molar-refractivity contribution >= 4 is 0 Å². The summed E-state index contributed by atoms with van der Waals surface area (Å²) in [5.41, 5.74) is 1.97. The molecule has 0 saturated heterocycles. The van der Waals surface area contributed by atoms with Gasteiger partial charge in [0, 0.05) is 5.56 Å². The zero-order chi connectivity index (χ0) is 15.2. The van der Waals surface area contributed by atoms with E-state index in [-0.39, 0.29) is 6.10 Å². The summed E-state index contributed by atoms with van der Waals surface area (Å²) >= 11 is 0. The molecule has 114 valence electrons. The van der Waals surface area contributed by atoms with Gasteiger partial charge in [-0.05, 0) is 58.1 Å². The molecular formula is C17H24N2O2. The third-order valence-electron chi connectivity index (χ3n) is 3.16. The molecule has 0 bridgehead atoms. The Kier molecular flexibility index (Phi) is 5.39. The van der Waals surface area contributed by atoms with Crippen molar-refractivity contribution in [2.75, 3.05) is 13.6 Å². The zero-order valence-electron chi connectivity index (χ0n) is 13.3. The average molecular weight is 288 g/mol. The van der Waals surface area contributed by atoms with Gasteiger partial charge in [0.05, 0.1) is 12.6 Å². The molecule has 0 aliphatic rings. The van der Waals surface area contributed by atoms with Gasteiger partial charge in [-0.1, -0.05) is 6.92 Å². The predicted molar refractivity (Wildman–Crippen MR) is 84.3 cm³/mol. The number of nitrogens with zero attached hydrogens (tertiary/aromatic N) is 2. The van der Waals surface area contributed by atoms with Crippen molar-refractivity contribution < 1.29 is 9.15 Å². The lowest BCUT2D eigenvalue weighted by molar-refractivity contribution is 0.242. The van der Waals surface area contributed by atoms with Crippen molar-refractivity contribution in [3.63, 3.8) is 0 Å². The van der Waals surface area contributed by atoms with Gasteiger partial charge in [-0.25, -0.2) is 4.98 Å². The first-order valence-corrected chi connectivity index (χ1v) is 7.48. The third-order valence-corrected chi connectivity index (χ3v) is 3.16. The Morgan fingerprint density at radius 2 is 1.95 bits per heavy atom. The first-order valence-electron chi connectivity index (χ1n) is 7.48. The summed E-state index contributed by atoms with van der Waals surface area (Å²) in [5.74, 6) is 1.78. The van der Waals surface area contributed by atoms with E-state index >= 15 is 0 Å². The number of ether oxygens (including phenoxy) is 1. The second-order valence-electron chi connectivity index (χ2n) is 5.55. The maximum absolute atomic E-state index is 5.66. The number of benzene rings is 1. The molecule has 1 aromatic carbocycles. The van der Waals surface area contributed by atoms with Crippen molar-refractivity contribution in [3.05, 3.63) is 36.4 Å². The highest BCUT2D eigenvalue weighted by Crippen LogP contribution is 2.25. The topological polar surface area (TPSA) is 38.5 Å². The fraction of sp³-hybridized carbons (Fsp3) is 0.471. The van der Waals surface area contributed by atoms with Gasteiger partial charge in [0.25, 0.3) is 0 Å². The lowest BCUT2D eigenvalue weighted by Gasteiger charge is -2.14. The molecule has 0 radical (unpaired) electrons. The highest BCUT2D eigenvalue weighted by Gasteiger charge is 2.12. The van der Waals surface area contributed by atoms with Crippen molar-refractivity contribution in [3.8, 4) is 17.0 Å². The number of oxazole rings is 1. The maximum atomic E-state index is 5.66. The van der Waals surface area contributed by atoms with Gasteiger partial charge in [-0.3, -0.25) is 4.90 Å². The number of aromatic nitrogens is 1. The molecule has 0 unspecified atom stereocenters. The van der Waals surface area contributed by atoms with Crippen LogP contribution in [0.3, 0.4) is 0 Å². The number of hydrogen-bond donors (Lipinski definition) is 0. The van der Waals surface area contributed by atoms with Crippen LogP contribution in [0.25, 0.3) is 11.3 Å². The van der Waals surface area contributed by atoms with E-state index < -0.39 is 0 Å². The second kappa shape index (κ2) is 7.27. The molecule has 0 aliphatic heterocycles. The quantitative estimate of drug-likeness (QED) is 0.772. The Bertz CT molecular complexity index is 546. The summed E-state index contributed by atoms with van der Waals surface area (Å²) in [7, 11) is 2.09. The van der Waals surface area contributed by atoms with E-state index in [9.17, 15) is 0 Å². The molecule has 0 atom stereocenters. The molecule has 2 rings (SSSR count). The van der Waals surface area contributed by atoms with Crippen LogP contribution in [0.2, 0.25) is 0 Å². The lowest BCUT2D eigenvalue weighted by Crippen LogP contribution is -2.18. The van der Waals surface area contributed by atoms with Crippen LogP contribution >= 0.6 is 0 Å². The predicted octanol–water partition coefficient (Wildman–Crippen LogP) is 3.97. The van der Waals surface area contributed by atoms with Crippen LogP contribution in [0, 0.1) is 0 Å². The number of hydrogen-bond acceptors (Lipinski definition) is 4. The summed E-state index contributed by atoms with van der Waals surface area (Å²) < 4.78 is 11.2. The van der Waals surface area contributed by atoms with Crippen LogP contribution < -0.4 is 4.74 Å². The van der Waals surface area contributed by atoms with Gasteiger partial charge in [0.1, 0.15) is 17.2 Å². The van der Waals surface area contributed by atoms with Crippen molar-refractivity contribution in [2.45, 2.75) is 39.8 Å². The normalized spacial score (nSPS) is 11.3. The molecule has 0 aliphatic carbocycles. The third kappa shape index (κ3) is 4.33. The van der Waals surface area contributed by atoms with Crippen LogP contribution in [0.15, 0.2) is 35.1 Å². The Labute approximate surface area is 126 Å². The van der Waals surface area contributed by atoms with Crippen LogP contribution in [-0.4, -0.2) is 29.6 Å². The van der Waals surface area contributed by atoms with Crippen LogP contribution in [0.4, 0.5) is 0 Å². The Morgan fingerprint density at radius 1 is 1.24 bits per heavy atom. The largest absolute Gasteiger partial charge is 0.491 e. The molecule has 0 amide bonds. The van der Waals surface area contributed by atoms with Gasteiger partial charge in [0.15, 0.2) is 6.39 Å². The average Bonchev–Trinajstić information content (AvgIpc) is 2.87. The molecular weight excluding hydrogens is 264 g/mol. The monoisotopic (exact) mass is 288 g/mol. The first-order chi connectivity index (χ1) is 10.1. The standard InChI is InChI=1S/C17H24N2O2/c1-5-10-19(4)11-16-17(18-12-20-16)14-6-8-15(9-7-14)21-13(2)3/h6-9,12-13H,5,10-11H2,1-4H3. The Hall–Kier alpha value is -1.81. The Balaban J connectivity index is 2.13. The van der Waals surface area contributed by atoms with Gasteiger partial charge in [-0.2, -0.15) is 0 Å². The van der Waals surface area contributed by atoms with Crippen molar-refractivity contribution in [1.29, 1.82) is 0 Å². The SMILES string of the molecule is CCCN(C)Cc1ocnc1-c1ccc(OC(C)C)cc1. The fourth-order valence-corrected chi connectivity index (χ4v) is 2.29. The minimum Gasteiger partial charge on any atom is -0.491 e.